The smallest absolute Gasteiger partial charge is 0.228 e. The van der Waals surface area contributed by atoms with E-state index in [-0.39, 0.29) is 11.7 Å². The van der Waals surface area contributed by atoms with Crippen molar-refractivity contribution in [3.05, 3.63) is 29.3 Å². The zero-order valence-electron chi connectivity index (χ0n) is 11.6. The van der Waals surface area contributed by atoms with Crippen molar-refractivity contribution >= 4 is 21.6 Å². The zero-order valence-corrected chi connectivity index (χ0v) is 12.4. The Hall–Kier alpha value is -1.40. The zero-order chi connectivity index (χ0) is 14.6. The molecule has 0 radical (unpaired) electrons. The van der Waals surface area contributed by atoms with Gasteiger partial charge in [0.1, 0.15) is 0 Å². The van der Waals surface area contributed by atoms with Crippen molar-refractivity contribution in [3.8, 4) is 0 Å². The summed E-state index contributed by atoms with van der Waals surface area (Å²) in [4.78, 5) is 11.3. The monoisotopic (exact) mass is 296 g/mol. The number of nitrogens with one attached hydrogen (secondary N) is 2. The molecule has 0 spiro atoms. The van der Waals surface area contributed by atoms with Crippen molar-refractivity contribution in [1.29, 1.82) is 0 Å². The summed E-state index contributed by atoms with van der Waals surface area (Å²) in [5.74, 6) is 0.198. The van der Waals surface area contributed by atoms with E-state index in [2.05, 4.69) is 10.0 Å². The van der Waals surface area contributed by atoms with Crippen LogP contribution in [0.2, 0.25) is 0 Å². The van der Waals surface area contributed by atoms with Crippen LogP contribution in [0.15, 0.2) is 18.2 Å². The Bertz CT molecular complexity index is 596. The average molecular weight is 296 g/mol. The topological polar surface area (TPSA) is 75.3 Å². The normalized spacial score (nSPS) is 14.2. The van der Waals surface area contributed by atoms with Crippen molar-refractivity contribution in [3.63, 3.8) is 0 Å². The van der Waals surface area contributed by atoms with E-state index in [1.807, 2.05) is 25.1 Å². The Kier molecular flexibility index (Phi) is 4.77. The molecule has 110 valence electrons. The molecule has 0 aliphatic carbocycles. The minimum Gasteiger partial charge on any atom is -0.326 e. The molecule has 1 heterocycles. The fraction of sp³-hybridized carbons (Fsp3) is 0.500. The van der Waals surface area contributed by atoms with Gasteiger partial charge in [-0.15, -0.1) is 0 Å². The number of carbonyl (C=O) groups is 1. The number of sulfonamides is 1. The number of carbonyl (C=O) groups excluding carboxylic acids is 1. The lowest BCUT2D eigenvalue weighted by Crippen LogP contribution is -2.28. The minimum absolute atomic E-state index is 0.0115. The van der Waals surface area contributed by atoms with E-state index in [1.165, 1.54) is 0 Å². The first-order chi connectivity index (χ1) is 9.50. The molecule has 0 fully saturated rings. The summed E-state index contributed by atoms with van der Waals surface area (Å²) < 4.78 is 25.9. The van der Waals surface area contributed by atoms with Gasteiger partial charge in [0, 0.05) is 12.2 Å². The summed E-state index contributed by atoms with van der Waals surface area (Å²) in [6, 6.07) is 5.76. The fourth-order valence-electron chi connectivity index (χ4n) is 2.20. The van der Waals surface area contributed by atoms with E-state index in [0.29, 0.717) is 25.8 Å². The Balaban J connectivity index is 1.86. The van der Waals surface area contributed by atoms with Crippen LogP contribution in [0.25, 0.3) is 0 Å². The molecule has 2 rings (SSSR count). The third kappa shape index (κ3) is 4.05. The van der Waals surface area contributed by atoms with Crippen molar-refractivity contribution in [2.75, 3.05) is 17.6 Å². The summed E-state index contributed by atoms with van der Waals surface area (Å²) in [7, 11) is -3.15. The second kappa shape index (κ2) is 6.37. The molecule has 1 aliphatic rings. The van der Waals surface area contributed by atoms with Crippen molar-refractivity contribution in [2.24, 2.45) is 0 Å². The van der Waals surface area contributed by atoms with Crippen LogP contribution in [0.3, 0.4) is 0 Å². The molecule has 6 heteroatoms. The number of unbranched alkanes of at least 4 members (excludes halogenated alkanes) is 1. The van der Waals surface area contributed by atoms with Gasteiger partial charge in [-0.3, -0.25) is 4.79 Å². The largest absolute Gasteiger partial charge is 0.326 e. The Morgan fingerprint density at radius 1 is 1.35 bits per heavy atom. The lowest BCUT2D eigenvalue weighted by atomic mass is 10.1. The highest BCUT2D eigenvalue weighted by molar-refractivity contribution is 7.89. The Morgan fingerprint density at radius 3 is 2.90 bits per heavy atom. The molecule has 1 aliphatic heterocycles. The standard InChI is InChI=1S/C14H20N2O3S/c1-2-3-8-20(18,19)15-7-6-11-4-5-13-12(9-11)10-14(17)16-13/h4-5,9,15H,2-3,6-8,10H2,1H3,(H,16,17). The molecular formula is C14H20N2O3S. The second-order valence-corrected chi connectivity index (χ2v) is 6.96. The first kappa shape index (κ1) is 15.0. The van der Waals surface area contributed by atoms with E-state index in [0.717, 1.165) is 23.2 Å². The van der Waals surface area contributed by atoms with Gasteiger partial charge in [0.2, 0.25) is 15.9 Å². The van der Waals surface area contributed by atoms with Gasteiger partial charge in [-0.2, -0.15) is 0 Å². The van der Waals surface area contributed by atoms with Crippen LogP contribution in [-0.4, -0.2) is 26.6 Å². The van der Waals surface area contributed by atoms with Crippen molar-refractivity contribution in [2.45, 2.75) is 32.6 Å². The minimum atomic E-state index is -3.15. The van der Waals surface area contributed by atoms with Gasteiger partial charge in [0.05, 0.1) is 12.2 Å². The molecule has 0 aromatic heterocycles. The van der Waals surface area contributed by atoms with Gasteiger partial charge in [-0.1, -0.05) is 25.5 Å². The predicted molar refractivity (Wildman–Crippen MR) is 79.2 cm³/mol. The van der Waals surface area contributed by atoms with Gasteiger partial charge in [0.15, 0.2) is 0 Å². The first-order valence-corrected chi connectivity index (χ1v) is 8.54. The molecule has 0 unspecified atom stereocenters. The number of hydrogen-bond acceptors (Lipinski definition) is 3. The first-order valence-electron chi connectivity index (χ1n) is 6.89. The number of anilines is 1. The molecule has 0 bridgehead atoms. The molecular weight excluding hydrogens is 276 g/mol. The summed E-state index contributed by atoms with van der Waals surface area (Å²) in [5.41, 5.74) is 2.89. The van der Waals surface area contributed by atoms with Crippen LogP contribution in [0, 0.1) is 0 Å². The Labute approximate surface area is 119 Å². The molecule has 5 nitrogen and oxygen atoms in total. The maximum Gasteiger partial charge on any atom is 0.228 e. The van der Waals surface area contributed by atoms with E-state index in [1.54, 1.807) is 0 Å². The molecule has 1 aromatic rings. The predicted octanol–water partition coefficient (Wildman–Crippen LogP) is 1.44. The summed E-state index contributed by atoms with van der Waals surface area (Å²) in [5, 5.41) is 2.78. The second-order valence-electron chi connectivity index (χ2n) is 5.03. The van der Waals surface area contributed by atoms with Gasteiger partial charge in [-0.05, 0) is 30.0 Å². The molecule has 20 heavy (non-hydrogen) atoms. The van der Waals surface area contributed by atoms with Gasteiger partial charge >= 0.3 is 0 Å². The van der Waals surface area contributed by atoms with Gasteiger partial charge in [0.25, 0.3) is 0 Å². The number of fused-ring (bicyclic) bond motifs is 1. The molecule has 0 saturated carbocycles. The fourth-order valence-corrected chi connectivity index (χ4v) is 3.42. The maximum atomic E-state index is 11.6. The summed E-state index contributed by atoms with van der Waals surface area (Å²) in [6.07, 6.45) is 2.59. The highest BCUT2D eigenvalue weighted by Crippen LogP contribution is 2.23. The molecule has 2 N–H and O–H groups in total. The van der Waals surface area contributed by atoms with Crippen molar-refractivity contribution in [1.82, 2.24) is 4.72 Å². The van der Waals surface area contributed by atoms with E-state index in [9.17, 15) is 13.2 Å². The quantitative estimate of drug-likeness (QED) is 0.799. The van der Waals surface area contributed by atoms with Gasteiger partial charge in [-0.25, -0.2) is 13.1 Å². The lowest BCUT2D eigenvalue weighted by molar-refractivity contribution is -0.115. The lowest BCUT2D eigenvalue weighted by Gasteiger charge is -2.07. The molecule has 1 amide bonds. The van der Waals surface area contributed by atoms with E-state index < -0.39 is 10.0 Å². The highest BCUT2D eigenvalue weighted by atomic mass is 32.2. The average Bonchev–Trinajstić information content (AvgIpc) is 2.75. The summed E-state index contributed by atoms with van der Waals surface area (Å²) in [6.45, 7) is 2.36. The number of hydrogen-bond donors (Lipinski definition) is 2. The van der Waals surface area contributed by atoms with Crippen LogP contribution in [0.4, 0.5) is 5.69 Å². The van der Waals surface area contributed by atoms with Crippen molar-refractivity contribution < 1.29 is 13.2 Å². The number of rotatable bonds is 7. The van der Waals surface area contributed by atoms with Crippen LogP contribution in [-0.2, 0) is 27.7 Å². The highest BCUT2D eigenvalue weighted by Gasteiger charge is 2.17. The molecule has 1 aromatic carbocycles. The van der Waals surface area contributed by atoms with Gasteiger partial charge < -0.3 is 5.32 Å². The van der Waals surface area contributed by atoms with Crippen LogP contribution < -0.4 is 10.0 Å². The van der Waals surface area contributed by atoms with Crippen LogP contribution >= 0.6 is 0 Å². The molecule has 0 saturated heterocycles. The maximum absolute atomic E-state index is 11.6. The third-order valence-electron chi connectivity index (χ3n) is 3.30. The molecule has 0 atom stereocenters. The number of benzene rings is 1. The third-order valence-corrected chi connectivity index (χ3v) is 4.77. The van der Waals surface area contributed by atoms with E-state index >= 15 is 0 Å². The SMILES string of the molecule is CCCCS(=O)(=O)NCCc1ccc2c(c1)CC(=O)N2. The summed E-state index contributed by atoms with van der Waals surface area (Å²) >= 11 is 0. The van der Waals surface area contributed by atoms with Crippen LogP contribution in [0.5, 0.6) is 0 Å². The van der Waals surface area contributed by atoms with E-state index in [4.69, 9.17) is 0 Å². The Morgan fingerprint density at radius 2 is 2.15 bits per heavy atom. The number of amides is 1. The van der Waals surface area contributed by atoms with Crippen LogP contribution in [0.1, 0.15) is 30.9 Å².